The van der Waals surface area contributed by atoms with Crippen molar-refractivity contribution < 1.29 is 22.9 Å². The molecular weight excluding hydrogens is 449 g/mol. The van der Waals surface area contributed by atoms with Crippen LogP contribution < -0.4 is 10.6 Å². The minimum atomic E-state index is -0.608. The smallest absolute Gasteiger partial charge is 0.293 e. The Labute approximate surface area is 199 Å². The van der Waals surface area contributed by atoms with E-state index in [1.54, 1.807) is 49.4 Å². The van der Waals surface area contributed by atoms with Gasteiger partial charge in [0.05, 0.1) is 0 Å². The van der Waals surface area contributed by atoms with E-state index in [1.807, 2.05) is 25.1 Å². The monoisotopic (exact) mass is 469 g/mol. The summed E-state index contributed by atoms with van der Waals surface area (Å²) in [7, 11) is 0. The third-order valence-electron chi connectivity index (χ3n) is 5.52. The SMILES string of the molecule is Cc1cccc(NC(=O)c2oc3ccccc3c2NC(=O)c2cc(-c3ccc(C)c(F)c3)on2)c1. The van der Waals surface area contributed by atoms with Crippen molar-refractivity contribution in [3.05, 3.63) is 101 Å². The van der Waals surface area contributed by atoms with Crippen molar-refractivity contribution >= 4 is 34.2 Å². The van der Waals surface area contributed by atoms with Crippen molar-refractivity contribution in [2.45, 2.75) is 13.8 Å². The van der Waals surface area contributed by atoms with Crippen LogP contribution in [0.5, 0.6) is 0 Å². The molecule has 0 fully saturated rings. The van der Waals surface area contributed by atoms with Gasteiger partial charge in [0, 0.05) is 22.7 Å². The van der Waals surface area contributed by atoms with Gasteiger partial charge in [-0.3, -0.25) is 9.59 Å². The molecule has 5 aromatic rings. The maximum absolute atomic E-state index is 13.9. The molecule has 35 heavy (non-hydrogen) atoms. The highest BCUT2D eigenvalue weighted by atomic mass is 19.1. The topological polar surface area (TPSA) is 97.4 Å². The van der Waals surface area contributed by atoms with Gasteiger partial charge in [0.25, 0.3) is 11.8 Å². The van der Waals surface area contributed by atoms with Gasteiger partial charge < -0.3 is 19.6 Å². The van der Waals surface area contributed by atoms with Gasteiger partial charge in [0.15, 0.2) is 11.5 Å². The summed E-state index contributed by atoms with van der Waals surface area (Å²) >= 11 is 0. The molecule has 0 aliphatic heterocycles. The predicted molar refractivity (Wildman–Crippen MR) is 130 cm³/mol. The number of hydrogen-bond acceptors (Lipinski definition) is 5. The van der Waals surface area contributed by atoms with Gasteiger partial charge in [-0.25, -0.2) is 4.39 Å². The summed E-state index contributed by atoms with van der Waals surface area (Å²) in [6.07, 6.45) is 0. The number of aryl methyl sites for hydroxylation is 2. The summed E-state index contributed by atoms with van der Waals surface area (Å²) < 4.78 is 25.0. The quantitative estimate of drug-likeness (QED) is 0.313. The molecule has 0 saturated carbocycles. The lowest BCUT2D eigenvalue weighted by atomic mass is 10.1. The molecule has 2 amide bonds. The predicted octanol–water partition coefficient (Wildman–Crippen LogP) is 6.35. The fraction of sp³-hybridized carbons (Fsp3) is 0.0741. The largest absolute Gasteiger partial charge is 0.449 e. The summed E-state index contributed by atoms with van der Waals surface area (Å²) in [5.41, 5.74) is 3.14. The van der Waals surface area contributed by atoms with Crippen molar-refractivity contribution in [2.75, 3.05) is 10.6 Å². The molecule has 0 bridgehead atoms. The van der Waals surface area contributed by atoms with Crippen molar-refractivity contribution in [2.24, 2.45) is 0 Å². The van der Waals surface area contributed by atoms with E-state index in [1.165, 1.54) is 12.1 Å². The average Bonchev–Trinajstić information content (AvgIpc) is 3.47. The molecule has 2 N–H and O–H groups in total. The number of fused-ring (bicyclic) bond motifs is 1. The second-order valence-electron chi connectivity index (χ2n) is 8.12. The van der Waals surface area contributed by atoms with Gasteiger partial charge in [-0.1, -0.05) is 41.6 Å². The van der Waals surface area contributed by atoms with Crippen LogP contribution in [0.4, 0.5) is 15.8 Å². The number of nitrogens with zero attached hydrogens (tertiary/aromatic N) is 1. The van der Waals surface area contributed by atoms with Crippen LogP contribution in [-0.4, -0.2) is 17.0 Å². The summed E-state index contributed by atoms with van der Waals surface area (Å²) in [4.78, 5) is 26.1. The number of halogens is 1. The third-order valence-corrected chi connectivity index (χ3v) is 5.52. The van der Waals surface area contributed by atoms with E-state index in [4.69, 9.17) is 8.94 Å². The van der Waals surface area contributed by atoms with E-state index in [2.05, 4.69) is 15.8 Å². The molecule has 0 spiro atoms. The Kier molecular flexibility index (Phi) is 5.62. The molecule has 174 valence electrons. The maximum atomic E-state index is 13.9. The number of carbonyl (C=O) groups is 2. The second kappa shape index (κ2) is 8.90. The zero-order chi connectivity index (χ0) is 24.5. The number of amides is 2. The van der Waals surface area contributed by atoms with Gasteiger partial charge in [-0.15, -0.1) is 0 Å². The minimum absolute atomic E-state index is 0.0312. The third kappa shape index (κ3) is 4.41. The Balaban J connectivity index is 1.45. The van der Waals surface area contributed by atoms with Crippen molar-refractivity contribution in [3.8, 4) is 11.3 Å². The van der Waals surface area contributed by atoms with Crippen LogP contribution in [0.15, 0.2) is 81.7 Å². The lowest BCUT2D eigenvalue weighted by Gasteiger charge is -2.07. The fourth-order valence-electron chi connectivity index (χ4n) is 3.68. The van der Waals surface area contributed by atoms with Crippen molar-refractivity contribution in [3.63, 3.8) is 0 Å². The van der Waals surface area contributed by atoms with E-state index in [0.29, 0.717) is 27.8 Å². The minimum Gasteiger partial charge on any atom is -0.449 e. The van der Waals surface area contributed by atoms with Gasteiger partial charge in [0.2, 0.25) is 5.76 Å². The molecule has 0 saturated heterocycles. The molecule has 5 rings (SSSR count). The molecule has 0 atom stereocenters. The molecule has 7 nitrogen and oxygen atoms in total. The highest BCUT2D eigenvalue weighted by molar-refractivity contribution is 6.16. The van der Waals surface area contributed by atoms with Crippen LogP contribution >= 0.6 is 0 Å². The van der Waals surface area contributed by atoms with Crippen molar-refractivity contribution in [1.29, 1.82) is 0 Å². The Hall–Kier alpha value is -4.72. The van der Waals surface area contributed by atoms with E-state index >= 15 is 0 Å². The van der Waals surface area contributed by atoms with Crippen LogP contribution in [0.25, 0.3) is 22.3 Å². The zero-order valence-corrected chi connectivity index (χ0v) is 18.9. The highest BCUT2D eigenvalue weighted by Crippen LogP contribution is 2.32. The van der Waals surface area contributed by atoms with Crippen LogP contribution in [0.3, 0.4) is 0 Å². The zero-order valence-electron chi connectivity index (χ0n) is 18.9. The summed E-state index contributed by atoms with van der Waals surface area (Å²) in [5.74, 6) is -1.32. The van der Waals surface area contributed by atoms with Crippen LogP contribution in [0, 0.1) is 19.7 Å². The lowest BCUT2D eigenvalue weighted by Crippen LogP contribution is -2.17. The molecule has 8 heteroatoms. The van der Waals surface area contributed by atoms with E-state index in [9.17, 15) is 14.0 Å². The van der Waals surface area contributed by atoms with Crippen LogP contribution in [-0.2, 0) is 0 Å². The number of para-hydroxylation sites is 1. The normalized spacial score (nSPS) is 10.9. The number of benzene rings is 3. The molecule has 0 unspecified atom stereocenters. The van der Waals surface area contributed by atoms with Gasteiger partial charge in [-0.05, 0) is 55.3 Å². The number of rotatable bonds is 5. The first-order valence-electron chi connectivity index (χ1n) is 10.8. The standard InChI is InChI=1S/C27H20FN3O4/c1-15-6-5-7-18(12-15)29-27(33)25-24(19-8-3-4-9-22(19)34-25)30-26(32)21-14-23(35-31-21)17-11-10-16(2)20(28)13-17/h3-14H,1-2H3,(H,29,33)(H,30,32). The average molecular weight is 469 g/mol. The number of nitrogens with one attached hydrogen (secondary N) is 2. The summed E-state index contributed by atoms with van der Waals surface area (Å²) in [5, 5.41) is 9.89. The molecule has 3 aromatic carbocycles. The van der Waals surface area contributed by atoms with Gasteiger partial charge in [0.1, 0.15) is 17.1 Å². The van der Waals surface area contributed by atoms with E-state index in [0.717, 1.165) is 5.56 Å². The number of carbonyl (C=O) groups excluding carboxylic acids is 2. The fourth-order valence-corrected chi connectivity index (χ4v) is 3.68. The first kappa shape index (κ1) is 22.1. The van der Waals surface area contributed by atoms with Gasteiger partial charge >= 0.3 is 0 Å². The Morgan fingerprint density at radius 3 is 2.51 bits per heavy atom. The molecular formula is C27H20FN3O4. The summed E-state index contributed by atoms with van der Waals surface area (Å²) in [6, 6.07) is 20.3. The summed E-state index contributed by atoms with van der Waals surface area (Å²) in [6.45, 7) is 3.57. The molecule has 0 aliphatic rings. The number of anilines is 2. The first-order chi connectivity index (χ1) is 16.9. The Morgan fingerprint density at radius 1 is 0.886 bits per heavy atom. The molecule has 0 radical (unpaired) electrons. The maximum Gasteiger partial charge on any atom is 0.293 e. The molecule has 0 aliphatic carbocycles. The number of furan rings is 1. The molecule has 2 heterocycles. The Bertz CT molecular complexity index is 1580. The van der Waals surface area contributed by atoms with Crippen LogP contribution in [0.2, 0.25) is 0 Å². The second-order valence-corrected chi connectivity index (χ2v) is 8.12. The lowest BCUT2D eigenvalue weighted by molar-refractivity contribution is 0.0999. The number of aromatic nitrogens is 1. The first-order valence-corrected chi connectivity index (χ1v) is 10.8. The molecule has 2 aromatic heterocycles. The van der Waals surface area contributed by atoms with Crippen molar-refractivity contribution in [1.82, 2.24) is 5.16 Å². The van der Waals surface area contributed by atoms with E-state index in [-0.39, 0.29) is 28.7 Å². The Morgan fingerprint density at radius 2 is 1.71 bits per heavy atom. The highest BCUT2D eigenvalue weighted by Gasteiger charge is 2.24. The van der Waals surface area contributed by atoms with Crippen LogP contribution in [0.1, 0.15) is 32.2 Å². The van der Waals surface area contributed by atoms with E-state index < -0.39 is 11.8 Å². The number of hydrogen-bond donors (Lipinski definition) is 2. The van der Waals surface area contributed by atoms with Gasteiger partial charge in [-0.2, -0.15) is 0 Å².